The third kappa shape index (κ3) is 2.97. The largest absolute Gasteiger partial charge is 0.334 e. The van der Waals surface area contributed by atoms with E-state index in [4.69, 9.17) is 0 Å². The number of rotatable bonds is 4. The van der Waals surface area contributed by atoms with Crippen molar-refractivity contribution in [1.82, 2.24) is 19.4 Å². The molecular formula is C23H19FN4O. The van der Waals surface area contributed by atoms with Gasteiger partial charge in [0, 0.05) is 45.0 Å². The monoisotopic (exact) mass is 386 g/mol. The molecule has 29 heavy (non-hydrogen) atoms. The summed E-state index contributed by atoms with van der Waals surface area (Å²) in [5, 5.41) is 0. The number of nitrogens with zero attached hydrogens (tertiary/aromatic N) is 4. The lowest BCUT2D eigenvalue weighted by molar-refractivity contribution is 0.0780. The normalized spacial score (nSPS) is 13.3. The first-order valence-corrected chi connectivity index (χ1v) is 9.54. The fourth-order valence-electron chi connectivity index (χ4n) is 4.05. The molecule has 1 amide bonds. The molecule has 0 unspecified atom stereocenters. The van der Waals surface area contributed by atoms with Crippen molar-refractivity contribution < 1.29 is 9.18 Å². The van der Waals surface area contributed by atoms with Gasteiger partial charge in [0.25, 0.3) is 5.91 Å². The maximum atomic E-state index is 13.5. The van der Waals surface area contributed by atoms with Crippen LogP contribution < -0.4 is 0 Å². The Hall–Kier alpha value is -3.54. The van der Waals surface area contributed by atoms with Crippen molar-refractivity contribution in [3.63, 3.8) is 0 Å². The Morgan fingerprint density at radius 3 is 2.76 bits per heavy atom. The minimum Gasteiger partial charge on any atom is -0.334 e. The first kappa shape index (κ1) is 17.6. The van der Waals surface area contributed by atoms with Gasteiger partial charge in [-0.1, -0.05) is 18.2 Å². The van der Waals surface area contributed by atoms with Crippen molar-refractivity contribution in [1.29, 1.82) is 0 Å². The number of pyridine rings is 1. The van der Waals surface area contributed by atoms with E-state index in [-0.39, 0.29) is 11.7 Å². The molecule has 0 aliphatic carbocycles. The Balaban J connectivity index is 1.40. The number of aryl methyl sites for hydroxylation is 1. The summed E-state index contributed by atoms with van der Waals surface area (Å²) in [6.45, 7) is 1.15. The highest BCUT2D eigenvalue weighted by molar-refractivity contribution is 6.04. The second kappa shape index (κ2) is 6.81. The Labute approximate surface area is 167 Å². The van der Waals surface area contributed by atoms with Gasteiger partial charge in [-0.05, 0) is 41.0 Å². The molecule has 1 aliphatic rings. The summed E-state index contributed by atoms with van der Waals surface area (Å²) >= 11 is 0. The molecule has 2 aromatic heterocycles. The second-order valence-electron chi connectivity index (χ2n) is 7.27. The zero-order valence-electron chi connectivity index (χ0n) is 16.0. The van der Waals surface area contributed by atoms with Crippen LogP contribution >= 0.6 is 0 Å². The van der Waals surface area contributed by atoms with E-state index in [1.54, 1.807) is 18.5 Å². The van der Waals surface area contributed by atoms with Gasteiger partial charge in [0.2, 0.25) is 0 Å². The van der Waals surface area contributed by atoms with Crippen LogP contribution in [0.5, 0.6) is 0 Å². The van der Waals surface area contributed by atoms with E-state index < -0.39 is 0 Å². The number of benzene rings is 2. The van der Waals surface area contributed by atoms with Crippen molar-refractivity contribution in [2.45, 2.75) is 13.0 Å². The first-order valence-electron chi connectivity index (χ1n) is 9.54. The zero-order chi connectivity index (χ0) is 20.0. The van der Waals surface area contributed by atoms with Gasteiger partial charge in [0.05, 0.1) is 16.6 Å². The molecule has 5 rings (SSSR count). The molecule has 3 heterocycles. The fraction of sp³-hybridized carbons (Fsp3) is 0.174. The van der Waals surface area contributed by atoms with Crippen LogP contribution in [0, 0.1) is 5.82 Å². The highest BCUT2D eigenvalue weighted by Crippen LogP contribution is 2.32. The van der Waals surface area contributed by atoms with Gasteiger partial charge in [0.15, 0.2) is 0 Å². The van der Waals surface area contributed by atoms with Crippen LogP contribution in [-0.4, -0.2) is 31.9 Å². The molecule has 2 aromatic carbocycles. The summed E-state index contributed by atoms with van der Waals surface area (Å²) in [5.41, 5.74) is 5.26. The molecule has 0 bridgehead atoms. The summed E-state index contributed by atoms with van der Waals surface area (Å²) in [6, 6.07) is 14.4. The Bertz CT molecular complexity index is 1230. The molecule has 0 saturated carbocycles. The lowest BCUT2D eigenvalue weighted by Crippen LogP contribution is -2.27. The number of fused-ring (bicyclic) bond motifs is 2. The Morgan fingerprint density at radius 1 is 1.10 bits per heavy atom. The Kier molecular flexibility index (Phi) is 4.12. The third-order valence-electron chi connectivity index (χ3n) is 5.55. The van der Waals surface area contributed by atoms with E-state index in [0.29, 0.717) is 25.0 Å². The number of carbonyl (C=O) groups excluding carboxylic acids is 1. The fourth-order valence-corrected chi connectivity index (χ4v) is 4.05. The topological polar surface area (TPSA) is 51.0 Å². The molecule has 4 aromatic rings. The minimum atomic E-state index is -0.295. The van der Waals surface area contributed by atoms with Crippen molar-refractivity contribution in [3.05, 3.63) is 83.7 Å². The molecule has 0 fully saturated rings. The molecular weight excluding hydrogens is 367 g/mol. The molecule has 0 saturated heterocycles. The van der Waals surface area contributed by atoms with E-state index in [0.717, 1.165) is 33.6 Å². The highest BCUT2D eigenvalue weighted by Gasteiger charge is 2.30. The standard InChI is InChI=1S/C23H19FN4O/c1-27-20-6-5-17(24)13-19(20)26-21(27)9-12-28-14-16-3-2-4-18(22(16)23(28)29)15-7-10-25-11-8-15/h2-8,10-11,13H,9,12,14H2,1H3. The van der Waals surface area contributed by atoms with Crippen LogP contribution in [0.1, 0.15) is 21.7 Å². The van der Waals surface area contributed by atoms with Gasteiger partial charge < -0.3 is 9.47 Å². The Morgan fingerprint density at radius 2 is 1.93 bits per heavy atom. The van der Waals surface area contributed by atoms with Gasteiger partial charge >= 0.3 is 0 Å². The van der Waals surface area contributed by atoms with E-state index in [1.165, 1.54) is 12.1 Å². The maximum absolute atomic E-state index is 13.5. The van der Waals surface area contributed by atoms with Gasteiger partial charge in [-0.15, -0.1) is 0 Å². The predicted octanol–water partition coefficient (Wildman–Crippen LogP) is 3.97. The maximum Gasteiger partial charge on any atom is 0.255 e. The van der Waals surface area contributed by atoms with Crippen LogP contribution in [0.2, 0.25) is 0 Å². The minimum absolute atomic E-state index is 0.0391. The molecule has 6 heteroatoms. The van der Waals surface area contributed by atoms with Crippen molar-refractivity contribution in [2.24, 2.45) is 7.05 Å². The van der Waals surface area contributed by atoms with E-state index >= 15 is 0 Å². The van der Waals surface area contributed by atoms with E-state index in [9.17, 15) is 9.18 Å². The summed E-state index contributed by atoms with van der Waals surface area (Å²) in [4.78, 5) is 23.6. The van der Waals surface area contributed by atoms with Crippen LogP contribution in [0.3, 0.4) is 0 Å². The number of imidazole rings is 1. The summed E-state index contributed by atoms with van der Waals surface area (Å²) in [7, 11) is 1.92. The molecule has 1 aliphatic heterocycles. The van der Waals surface area contributed by atoms with E-state index in [2.05, 4.69) is 9.97 Å². The quantitative estimate of drug-likeness (QED) is 0.533. The van der Waals surface area contributed by atoms with Crippen LogP contribution in [0.25, 0.3) is 22.2 Å². The highest BCUT2D eigenvalue weighted by atomic mass is 19.1. The van der Waals surface area contributed by atoms with E-state index in [1.807, 2.05) is 46.8 Å². The predicted molar refractivity (Wildman–Crippen MR) is 109 cm³/mol. The zero-order valence-corrected chi connectivity index (χ0v) is 16.0. The molecule has 0 spiro atoms. The first-order chi connectivity index (χ1) is 14.1. The van der Waals surface area contributed by atoms with Crippen LogP contribution in [-0.2, 0) is 20.0 Å². The lowest BCUT2D eigenvalue weighted by atomic mass is 9.97. The number of aromatic nitrogens is 3. The average molecular weight is 386 g/mol. The summed E-state index contributed by atoms with van der Waals surface area (Å²) < 4.78 is 15.4. The molecule has 144 valence electrons. The third-order valence-corrected chi connectivity index (χ3v) is 5.55. The summed E-state index contributed by atoms with van der Waals surface area (Å²) in [5.74, 6) is 0.580. The van der Waals surface area contributed by atoms with Crippen LogP contribution in [0.15, 0.2) is 60.9 Å². The number of amides is 1. The number of hydrogen-bond donors (Lipinski definition) is 0. The van der Waals surface area contributed by atoms with Crippen molar-refractivity contribution >= 4 is 16.9 Å². The second-order valence-corrected chi connectivity index (χ2v) is 7.27. The van der Waals surface area contributed by atoms with Gasteiger partial charge in [-0.3, -0.25) is 9.78 Å². The number of hydrogen-bond acceptors (Lipinski definition) is 3. The molecule has 5 nitrogen and oxygen atoms in total. The number of halogens is 1. The molecule has 0 N–H and O–H groups in total. The average Bonchev–Trinajstić information content (AvgIpc) is 3.23. The molecule has 0 atom stereocenters. The smallest absolute Gasteiger partial charge is 0.255 e. The molecule has 0 radical (unpaired) electrons. The number of carbonyl (C=O) groups is 1. The lowest BCUT2D eigenvalue weighted by Gasteiger charge is -2.15. The van der Waals surface area contributed by atoms with Crippen LogP contribution in [0.4, 0.5) is 4.39 Å². The van der Waals surface area contributed by atoms with Gasteiger partial charge in [0.1, 0.15) is 11.6 Å². The SMILES string of the molecule is Cn1c(CCN2Cc3cccc(-c4ccncc4)c3C2=O)nc2cc(F)ccc21. The van der Waals surface area contributed by atoms with Gasteiger partial charge in [-0.2, -0.15) is 0 Å². The van der Waals surface area contributed by atoms with Crippen molar-refractivity contribution in [2.75, 3.05) is 6.54 Å². The van der Waals surface area contributed by atoms with Crippen molar-refractivity contribution in [3.8, 4) is 11.1 Å². The van der Waals surface area contributed by atoms with Gasteiger partial charge in [-0.25, -0.2) is 9.37 Å². The summed E-state index contributed by atoms with van der Waals surface area (Å²) in [6.07, 6.45) is 4.08.